The molecule has 15 heavy (non-hydrogen) atoms. The zero-order chi connectivity index (χ0) is 10.8. The van der Waals surface area contributed by atoms with E-state index in [0.29, 0.717) is 18.1 Å². The molecule has 1 aromatic rings. The van der Waals surface area contributed by atoms with Crippen LogP contribution in [-0.4, -0.2) is 24.8 Å². The standard InChI is InChI=1S/C11H12O4/c1-14-8-5-7-3-2-4-15-10(7)9(6-8)11(12)13/h5-6H,2-4H2,1H3,(H,12,13). The van der Waals surface area contributed by atoms with E-state index in [1.54, 1.807) is 0 Å². The number of fused-ring (bicyclic) bond motifs is 1. The van der Waals surface area contributed by atoms with Crippen LogP contribution in [-0.2, 0) is 6.42 Å². The largest absolute Gasteiger partial charge is 0.497 e. The Labute approximate surface area is 87.4 Å². The van der Waals surface area contributed by atoms with Gasteiger partial charge in [0.05, 0.1) is 13.7 Å². The Morgan fingerprint density at radius 2 is 2.33 bits per heavy atom. The minimum absolute atomic E-state index is 0.184. The van der Waals surface area contributed by atoms with Gasteiger partial charge in [-0.2, -0.15) is 0 Å². The van der Waals surface area contributed by atoms with E-state index in [0.717, 1.165) is 18.4 Å². The van der Waals surface area contributed by atoms with Gasteiger partial charge in [0.25, 0.3) is 0 Å². The van der Waals surface area contributed by atoms with Crippen molar-refractivity contribution in [2.24, 2.45) is 0 Å². The molecule has 0 aliphatic carbocycles. The first-order valence-electron chi connectivity index (χ1n) is 4.79. The molecule has 1 aliphatic heterocycles. The van der Waals surface area contributed by atoms with Crippen molar-refractivity contribution < 1.29 is 19.4 Å². The molecule has 0 unspecified atom stereocenters. The van der Waals surface area contributed by atoms with Crippen molar-refractivity contribution in [3.8, 4) is 11.5 Å². The van der Waals surface area contributed by atoms with Crippen molar-refractivity contribution in [2.75, 3.05) is 13.7 Å². The maximum atomic E-state index is 11.0. The lowest BCUT2D eigenvalue weighted by Gasteiger charge is -2.19. The van der Waals surface area contributed by atoms with E-state index in [-0.39, 0.29) is 5.56 Å². The van der Waals surface area contributed by atoms with Crippen molar-refractivity contribution in [1.82, 2.24) is 0 Å². The van der Waals surface area contributed by atoms with Gasteiger partial charge in [0.2, 0.25) is 0 Å². The van der Waals surface area contributed by atoms with Crippen LogP contribution in [0.4, 0.5) is 0 Å². The number of carboxylic acids is 1. The topological polar surface area (TPSA) is 55.8 Å². The van der Waals surface area contributed by atoms with Crippen LogP contribution in [0.5, 0.6) is 11.5 Å². The molecule has 0 fully saturated rings. The second kappa shape index (κ2) is 3.81. The van der Waals surface area contributed by atoms with Crippen molar-refractivity contribution in [3.05, 3.63) is 23.3 Å². The maximum absolute atomic E-state index is 11.0. The van der Waals surface area contributed by atoms with Gasteiger partial charge in [-0.05, 0) is 30.5 Å². The number of carbonyl (C=O) groups is 1. The summed E-state index contributed by atoms with van der Waals surface area (Å²) in [6.45, 7) is 0.583. The second-order valence-corrected chi connectivity index (χ2v) is 3.42. The molecule has 80 valence electrons. The van der Waals surface area contributed by atoms with Crippen LogP contribution < -0.4 is 9.47 Å². The Morgan fingerprint density at radius 3 is 3.00 bits per heavy atom. The lowest BCUT2D eigenvalue weighted by Crippen LogP contribution is -2.13. The summed E-state index contributed by atoms with van der Waals surface area (Å²) < 4.78 is 10.4. The normalized spacial score (nSPS) is 13.9. The van der Waals surface area contributed by atoms with Gasteiger partial charge in [-0.1, -0.05) is 0 Å². The Balaban J connectivity index is 2.55. The Kier molecular flexibility index (Phi) is 2.49. The number of hydrogen-bond donors (Lipinski definition) is 1. The molecule has 0 radical (unpaired) electrons. The summed E-state index contributed by atoms with van der Waals surface area (Å²) in [6, 6.07) is 3.33. The minimum atomic E-state index is -0.980. The van der Waals surface area contributed by atoms with Gasteiger partial charge in [-0.3, -0.25) is 0 Å². The number of benzene rings is 1. The van der Waals surface area contributed by atoms with Crippen LogP contribution in [0.15, 0.2) is 12.1 Å². The van der Waals surface area contributed by atoms with E-state index in [9.17, 15) is 4.79 Å². The second-order valence-electron chi connectivity index (χ2n) is 3.42. The third kappa shape index (κ3) is 1.75. The lowest BCUT2D eigenvalue weighted by molar-refractivity contribution is 0.0690. The third-order valence-electron chi connectivity index (χ3n) is 2.44. The highest BCUT2D eigenvalue weighted by atomic mass is 16.5. The molecule has 0 atom stereocenters. The summed E-state index contributed by atoms with van der Waals surface area (Å²) in [5, 5.41) is 9.03. The van der Waals surface area contributed by atoms with E-state index < -0.39 is 5.97 Å². The van der Waals surface area contributed by atoms with Crippen LogP contribution in [0, 0.1) is 0 Å². The first-order chi connectivity index (χ1) is 7.22. The molecule has 0 bridgehead atoms. The molecule has 0 saturated heterocycles. The number of ether oxygens (including phenoxy) is 2. The van der Waals surface area contributed by atoms with Gasteiger partial charge in [0.15, 0.2) is 0 Å². The Hall–Kier alpha value is -1.71. The van der Waals surface area contributed by atoms with E-state index in [1.807, 2.05) is 6.07 Å². The fourth-order valence-electron chi connectivity index (χ4n) is 1.73. The van der Waals surface area contributed by atoms with Gasteiger partial charge >= 0.3 is 5.97 Å². The van der Waals surface area contributed by atoms with Gasteiger partial charge in [0.1, 0.15) is 17.1 Å². The molecule has 2 rings (SSSR count). The molecule has 4 nitrogen and oxygen atoms in total. The predicted molar refractivity (Wildman–Crippen MR) is 53.8 cm³/mol. The fourth-order valence-corrected chi connectivity index (χ4v) is 1.73. The first kappa shape index (κ1) is 9.83. The highest BCUT2D eigenvalue weighted by Gasteiger charge is 2.20. The molecular weight excluding hydrogens is 196 g/mol. The van der Waals surface area contributed by atoms with Crippen LogP contribution >= 0.6 is 0 Å². The molecule has 1 aromatic carbocycles. The molecule has 0 amide bonds. The van der Waals surface area contributed by atoms with Gasteiger partial charge in [0, 0.05) is 0 Å². The number of aryl methyl sites for hydroxylation is 1. The van der Waals surface area contributed by atoms with Gasteiger partial charge < -0.3 is 14.6 Å². The lowest BCUT2D eigenvalue weighted by atomic mass is 10.0. The molecule has 1 N–H and O–H groups in total. The zero-order valence-corrected chi connectivity index (χ0v) is 8.45. The van der Waals surface area contributed by atoms with Crippen molar-refractivity contribution in [2.45, 2.75) is 12.8 Å². The van der Waals surface area contributed by atoms with Crippen molar-refractivity contribution in [3.63, 3.8) is 0 Å². The quantitative estimate of drug-likeness (QED) is 0.803. The molecule has 0 spiro atoms. The van der Waals surface area contributed by atoms with Crippen molar-refractivity contribution in [1.29, 1.82) is 0 Å². The van der Waals surface area contributed by atoms with Crippen LogP contribution in [0.3, 0.4) is 0 Å². The summed E-state index contributed by atoms with van der Waals surface area (Å²) in [4.78, 5) is 11.0. The smallest absolute Gasteiger partial charge is 0.339 e. The number of hydrogen-bond acceptors (Lipinski definition) is 3. The van der Waals surface area contributed by atoms with Crippen LogP contribution in [0.1, 0.15) is 22.3 Å². The average Bonchev–Trinajstić information content (AvgIpc) is 2.27. The van der Waals surface area contributed by atoms with E-state index >= 15 is 0 Å². The minimum Gasteiger partial charge on any atom is -0.497 e. The van der Waals surface area contributed by atoms with Gasteiger partial charge in [-0.15, -0.1) is 0 Å². The van der Waals surface area contributed by atoms with Crippen molar-refractivity contribution >= 4 is 5.97 Å². The highest BCUT2D eigenvalue weighted by molar-refractivity contribution is 5.92. The SMILES string of the molecule is COc1cc2c(c(C(=O)O)c1)OCCC2. The molecule has 0 saturated carbocycles. The van der Waals surface area contributed by atoms with Crippen LogP contribution in [0.2, 0.25) is 0 Å². The summed E-state index contributed by atoms with van der Waals surface area (Å²) in [5.41, 5.74) is 1.10. The summed E-state index contributed by atoms with van der Waals surface area (Å²) in [7, 11) is 1.52. The Morgan fingerprint density at radius 1 is 1.53 bits per heavy atom. The molecular formula is C11H12O4. The van der Waals surface area contributed by atoms with E-state index in [2.05, 4.69) is 0 Å². The fraction of sp³-hybridized carbons (Fsp3) is 0.364. The first-order valence-corrected chi connectivity index (χ1v) is 4.79. The monoisotopic (exact) mass is 208 g/mol. The average molecular weight is 208 g/mol. The zero-order valence-electron chi connectivity index (χ0n) is 8.45. The predicted octanol–water partition coefficient (Wildman–Crippen LogP) is 1.72. The number of rotatable bonds is 2. The third-order valence-corrected chi connectivity index (χ3v) is 2.44. The summed E-state index contributed by atoms with van der Waals surface area (Å²) in [6.07, 6.45) is 1.76. The molecule has 4 heteroatoms. The van der Waals surface area contributed by atoms with Gasteiger partial charge in [-0.25, -0.2) is 4.79 Å². The highest BCUT2D eigenvalue weighted by Crippen LogP contribution is 2.33. The molecule has 0 aromatic heterocycles. The summed E-state index contributed by atoms with van der Waals surface area (Å²) in [5.74, 6) is 0.0817. The number of aromatic carboxylic acids is 1. The van der Waals surface area contributed by atoms with E-state index in [1.165, 1.54) is 13.2 Å². The summed E-state index contributed by atoms with van der Waals surface area (Å²) >= 11 is 0. The molecule has 1 aliphatic rings. The molecule has 1 heterocycles. The Bertz CT molecular complexity index is 398. The number of methoxy groups -OCH3 is 1. The maximum Gasteiger partial charge on any atom is 0.339 e. The number of carboxylic acid groups (broad SMARTS) is 1. The van der Waals surface area contributed by atoms with Crippen LogP contribution in [0.25, 0.3) is 0 Å². The van der Waals surface area contributed by atoms with E-state index in [4.69, 9.17) is 14.6 Å².